The standard InChI is InChI=1S/C12H11F2N/c1-8-9-4-2-3-5-10(9)15-7-6-12(13,14)11(8)15/h2-5H,6-7H2,1H3. The van der Waals surface area contributed by atoms with Crippen LogP contribution in [0.5, 0.6) is 0 Å². The first kappa shape index (κ1) is 8.89. The average Bonchev–Trinajstić information content (AvgIpc) is 2.67. The molecule has 0 atom stereocenters. The molecule has 1 aliphatic rings. The predicted octanol–water partition coefficient (Wildman–Crippen LogP) is 3.45. The van der Waals surface area contributed by atoms with Crippen molar-refractivity contribution in [2.24, 2.45) is 0 Å². The van der Waals surface area contributed by atoms with Gasteiger partial charge in [0.25, 0.3) is 5.92 Å². The lowest BCUT2D eigenvalue weighted by molar-refractivity contribution is -0.00258. The van der Waals surface area contributed by atoms with E-state index < -0.39 is 5.92 Å². The molecule has 0 saturated carbocycles. The van der Waals surface area contributed by atoms with Gasteiger partial charge in [-0.1, -0.05) is 18.2 Å². The van der Waals surface area contributed by atoms with Crippen molar-refractivity contribution in [3.05, 3.63) is 35.5 Å². The zero-order valence-corrected chi connectivity index (χ0v) is 8.43. The Labute approximate surface area is 86.3 Å². The highest BCUT2D eigenvalue weighted by Crippen LogP contribution is 2.43. The van der Waals surface area contributed by atoms with Gasteiger partial charge in [-0.15, -0.1) is 0 Å². The summed E-state index contributed by atoms with van der Waals surface area (Å²) in [6.45, 7) is 2.21. The number of rotatable bonds is 0. The van der Waals surface area contributed by atoms with E-state index >= 15 is 0 Å². The number of hydrogen-bond acceptors (Lipinski definition) is 0. The molecule has 0 amide bonds. The summed E-state index contributed by atoms with van der Waals surface area (Å²) in [6, 6.07) is 7.61. The summed E-state index contributed by atoms with van der Waals surface area (Å²) in [5.41, 5.74) is 1.87. The first-order valence-electron chi connectivity index (χ1n) is 5.07. The Bertz CT molecular complexity index is 540. The van der Waals surface area contributed by atoms with Gasteiger partial charge in [-0.2, -0.15) is 8.78 Å². The molecule has 15 heavy (non-hydrogen) atoms. The van der Waals surface area contributed by atoms with Crippen LogP contribution in [0.2, 0.25) is 0 Å². The van der Waals surface area contributed by atoms with E-state index in [9.17, 15) is 8.78 Å². The lowest BCUT2D eigenvalue weighted by Gasteiger charge is -2.08. The maximum absolute atomic E-state index is 13.6. The first-order chi connectivity index (χ1) is 7.11. The van der Waals surface area contributed by atoms with Crippen molar-refractivity contribution in [1.82, 2.24) is 4.57 Å². The fraction of sp³-hybridized carbons (Fsp3) is 0.333. The second kappa shape index (κ2) is 2.60. The van der Waals surface area contributed by atoms with Crippen molar-refractivity contribution >= 4 is 10.9 Å². The smallest absolute Gasteiger partial charge is 0.289 e. The largest absolute Gasteiger partial charge is 0.339 e. The number of fused-ring (bicyclic) bond motifs is 3. The molecule has 0 bridgehead atoms. The minimum atomic E-state index is -2.65. The topological polar surface area (TPSA) is 4.93 Å². The van der Waals surface area contributed by atoms with Crippen LogP contribution in [0, 0.1) is 6.92 Å². The number of hydrogen-bond donors (Lipinski definition) is 0. The number of halogens is 2. The van der Waals surface area contributed by atoms with Gasteiger partial charge in [0.05, 0.1) is 5.69 Å². The number of nitrogens with zero attached hydrogens (tertiary/aromatic N) is 1. The lowest BCUT2D eigenvalue weighted by Crippen LogP contribution is -2.09. The maximum Gasteiger partial charge on any atom is 0.289 e. The molecule has 0 fully saturated rings. The zero-order chi connectivity index (χ0) is 10.6. The van der Waals surface area contributed by atoms with E-state index in [4.69, 9.17) is 0 Å². The summed E-state index contributed by atoms with van der Waals surface area (Å²) in [5.74, 6) is -2.65. The zero-order valence-electron chi connectivity index (χ0n) is 8.43. The van der Waals surface area contributed by atoms with E-state index in [1.54, 1.807) is 11.5 Å². The quantitative estimate of drug-likeness (QED) is 0.623. The van der Waals surface area contributed by atoms with Crippen LogP contribution < -0.4 is 0 Å². The summed E-state index contributed by atoms with van der Waals surface area (Å²) in [6.07, 6.45) is -0.0615. The Morgan fingerprint density at radius 3 is 2.80 bits per heavy atom. The molecule has 3 rings (SSSR count). The Morgan fingerprint density at radius 1 is 1.27 bits per heavy atom. The van der Waals surface area contributed by atoms with Crippen LogP contribution in [-0.4, -0.2) is 4.57 Å². The van der Waals surface area contributed by atoms with Gasteiger partial charge < -0.3 is 4.57 Å². The second-order valence-electron chi connectivity index (χ2n) is 4.10. The Morgan fingerprint density at radius 2 is 2.00 bits per heavy atom. The van der Waals surface area contributed by atoms with Crippen molar-refractivity contribution in [1.29, 1.82) is 0 Å². The highest BCUT2D eigenvalue weighted by molar-refractivity contribution is 5.85. The van der Waals surface area contributed by atoms with Gasteiger partial charge in [-0.25, -0.2) is 0 Å². The maximum atomic E-state index is 13.6. The summed E-state index contributed by atoms with van der Waals surface area (Å²) in [5, 5.41) is 0.951. The summed E-state index contributed by atoms with van der Waals surface area (Å²) >= 11 is 0. The molecule has 0 unspecified atom stereocenters. The third-order valence-electron chi connectivity index (χ3n) is 3.22. The van der Waals surface area contributed by atoms with E-state index in [1.807, 2.05) is 24.3 Å². The highest BCUT2D eigenvalue weighted by Gasteiger charge is 2.42. The number of aromatic nitrogens is 1. The Kier molecular flexibility index (Phi) is 1.54. The van der Waals surface area contributed by atoms with Gasteiger partial charge in [0.15, 0.2) is 0 Å². The third-order valence-corrected chi connectivity index (χ3v) is 3.22. The summed E-state index contributed by atoms with van der Waals surface area (Å²) in [7, 11) is 0. The van der Waals surface area contributed by atoms with Gasteiger partial charge in [0.2, 0.25) is 0 Å². The van der Waals surface area contributed by atoms with Crippen LogP contribution >= 0.6 is 0 Å². The summed E-state index contributed by atoms with van der Waals surface area (Å²) < 4.78 is 29.0. The molecule has 0 radical (unpaired) electrons. The average molecular weight is 207 g/mol. The molecular formula is C12H11F2N. The van der Waals surface area contributed by atoms with E-state index in [1.165, 1.54) is 0 Å². The molecule has 78 valence electrons. The molecule has 0 saturated heterocycles. The molecule has 0 spiro atoms. The molecule has 3 heteroatoms. The monoisotopic (exact) mass is 207 g/mol. The molecule has 2 aromatic rings. The molecule has 1 aromatic carbocycles. The summed E-state index contributed by atoms with van der Waals surface area (Å²) in [4.78, 5) is 0. The van der Waals surface area contributed by atoms with E-state index in [0.717, 1.165) is 16.5 Å². The second-order valence-corrected chi connectivity index (χ2v) is 4.10. The number of benzene rings is 1. The van der Waals surface area contributed by atoms with Crippen LogP contribution in [0.4, 0.5) is 8.78 Å². The Balaban J connectivity index is 2.45. The molecule has 0 N–H and O–H groups in total. The van der Waals surface area contributed by atoms with Gasteiger partial charge >= 0.3 is 0 Å². The van der Waals surface area contributed by atoms with Crippen molar-refractivity contribution in [3.8, 4) is 0 Å². The lowest BCUT2D eigenvalue weighted by atomic mass is 10.1. The van der Waals surface area contributed by atoms with Crippen LogP contribution in [-0.2, 0) is 12.5 Å². The number of aryl methyl sites for hydroxylation is 2. The number of alkyl halides is 2. The fourth-order valence-corrected chi connectivity index (χ4v) is 2.55. The van der Waals surface area contributed by atoms with Crippen molar-refractivity contribution in [2.45, 2.75) is 25.8 Å². The van der Waals surface area contributed by atoms with E-state index in [2.05, 4.69) is 0 Å². The van der Waals surface area contributed by atoms with Gasteiger partial charge in [-0.3, -0.25) is 0 Å². The SMILES string of the molecule is Cc1c2n(c3ccccc13)CCC2(F)F. The predicted molar refractivity (Wildman–Crippen MR) is 55.2 cm³/mol. The van der Waals surface area contributed by atoms with Crippen molar-refractivity contribution in [2.75, 3.05) is 0 Å². The first-order valence-corrected chi connectivity index (χ1v) is 5.07. The third kappa shape index (κ3) is 1.01. The molecular weight excluding hydrogens is 196 g/mol. The molecule has 2 heterocycles. The van der Waals surface area contributed by atoms with Crippen LogP contribution in [0.15, 0.2) is 24.3 Å². The van der Waals surface area contributed by atoms with E-state index in [-0.39, 0.29) is 12.1 Å². The molecule has 1 nitrogen and oxygen atoms in total. The van der Waals surface area contributed by atoms with Gasteiger partial charge in [0.1, 0.15) is 0 Å². The van der Waals surface area contributed by atoms with Crippen molar-refractivity contribution in [3.63, 3.8) is 0 Å². The molecule has 1 aliphatic heterocycles. The molecule has 0 aliphatic carbocycles. The van der Waals surface area contributed by atoms with Crippen molar-refractivity contribution < 1.29 is 8.78 Å². The van der Waals surface area contributed by atoms with E-state index in [0.29, 0.717) is 6.54 Å². The molecule has 1 aromatic heterocycles. The minimum absolute atomic E-state index is 0.0615. The van der Waals surface area contributed by atoms with Gasteiger partial charge in [0, 0.05) is 23.9 Å². The van der Waals surface area contributed by atoms with Crippen LogP contribution in [0.1, 0.15) is 17.7 Å². The van der Waals surface area contributed by atoms with Gasteiger partial charge in [-0.05, 0) is 18.6 Å². The fourth-order valence-electron chi connectivity index (χ4n) is 2.55. The minimum Gasteiger partial charge on any atom is -0.339 e. The normalized spacial score (nSPS) is 18.3. The highest BCUT2D eigenvalue weighted by atomic mass is 19.3. The van der Waals surface area contributed by atoms with Crippen LogP contribution in [0.3, 0.4) is 0 Å². The number of para-hydroxylation sites is 1. The van der Waals surface area contributed by atoms with Crippen LogP contribution in [0.25, 0.3) is 10.9 Å². The Hall–Kier alpha value is -1.38.